The summed E-state index contributed by atoms with van der Waals surface area (Å²) in [5, 5.41) is 0. The highest BCUT2D eigenvalue weighted by molar-refractivity contribution is 6.06. The van der Waals surface area contributed by atoms with Crippen molar-refractivity contribution in [2.24, 2.45) is 0 Å². The lowest BCUT2D eigenvalue weighted by Crippen LogP contribution is -2.04. The van der Waals surface area contributed by atoms with Crippen molar-refractivity contribution in [3.8, 4) is 22.6 Å². The number of ketones is 1. The van der Waals surface area contributed by atoms with Crippen LogP contribution in [0.3, 0.4) is 0 Å². The van der Waals surface area contributed by atoms with Crippen LogP contribution in [-0.2, 0) is 0 Å². The predicted molar refractivity (Wildman–Crippen MR) is 108 cm³/mol. The van der Waals surface area contributed by atoms with Crippen LogP contribution < -0.4 is 4.74 Å². The zero-order valence-corrected chi connectivity index (χ0v) is 16.0. The van der Waals surface area contributed by atoms with E-state index in [1.807, 2.05) is 37.3 Å². The van der Waals surface area contributed by atoms with E-state index in [4.69, 9.17) is 4.74 Å². The molecule has 0 aliphatic carbocycles. The first-order chi connectivity index (χ1) is 14.1. The van der Waals surface area contributed by atoms with Crippen LogP contribution in [0.5, 0.6) is 5.75 Å². The van der Waals surface area contributed by atoms with E-state index in [1.165, 1.54) is 13.2 Å². The summed E-state index contributed by atoms with van der Waals surface area (Å²) in [7, 11) is 1.51. The van der Waals surface area contributed by atoms with Crippen molar-refractivity contribution in [1.82, 2.24) is 14.5 Å². The Labute approximate surface area is 167 Å². The molecule has 4 rings (SSSR count). The molecule has 0 fully saturated rings. The molecule has 0 N–H and O–H groups in total. The summed E-state index contributed by atoms with van der Waals surface area (Å²) in [6, 6.07) is 15.6. The number of carbonyl (C=O) groups excluding carboxylic acids is 1. The second-order valence-electron chi connectivity index (χ2n) is 6.58. The van der Waals surface area contributed by atoms with E-state index in [-0.39, 0.29) is 17.3 Å². The number of aryl methyl sites for hydroxylation is 1. The summed E-state index contributed by atoms with van der Waals surface area (Å²) >= 11 is 0. The van der Waals surface area contributed by atoms with Gasteiger partial charge >= 0.3 is 0 Å². The highest BCUT2D eigenvalue weighted by Gasteiger charge is 2.16. The van der Waals surface area contributed by atoms with Crippen LogP contribution in [0.15, 0.2) is 73.3 Å². The molecule has 0 radical (unpaired) electrons. The third-order valence-corrected chi connectivity index (χ3v) is 4.59. The van der Waals surface area contributed by atoms with Crippen LogP contribution in [0, 0.1) is 12.7 Å². The van der Waals surface area contributed by atoms with Crippen LogP contribution in [0.1, 0.15) is 21.7 Å². The number of nitrogens with zero attached hydrogens (tertiary/aromatic N) is 3. The summed E-state index contributed by atoms with van der Waals surface area (Å²) in [6.07, 6.45) is 4.80. The van der Waals surface area contributed by atoms with Gasteiger partial charge in [0, 0.05) is 18.1 Å². The molecule has 0 aliphatic rings. The maximum absolute atomic E-state index is 14.4. The summed E-state index contributed by atoms with van der Waals surface area (Å²) in [5.41, 5.74) is 3.39. The number of benzene rings is 2. The summed E-state index contributed by atoms with van der Waals surface area (Å²) in [5.74, 6) is -0.165. The average Bonchev–Trinajstić information content (AvgIpc) is 3.23. The van der Waals surface area contributed by atoms with Crippen LogP contribution in [0.25, 0.3) is 16.8 Å². The van der Waals surface area contributed by atoms with Crippen LogP contribution in [-0.4, -0.2) is 27.4 Å². The van der Waals surface area contributed by atoms with Crippen LogP contribution >= 0.6 is 0 Å². The van der Waals surface area contributed by atoms with Gasteiger partial charge in [0.15, 0.2) is 0 Å². The number of ether oxygens (including phenoxy) is 1. The minimum Gasteiger partial charge on any atom is -0.496 e. The number of methoxy groups -OCH3 is 1. The second kappa shape index (κ2) is 7.67. The maximum Gasteiger partial charge on any atom is 0.231 e. The minimum atomic E-state index is -0.367. The summed E-state index contributed by atoms with van der Waals surface area (Å²) in [4.78, 5) is 21.0. The molecule has 0 bridgehead atoms. The van der Waals surface area contributed by atoms with Gasteiger partial charge in [-0.15, -0.1) is 0 Å². The number of hydrogen-bond donors (Lipinski definition) is 0. The number of hydrogen-bond acceptors (Lipinski definition) is 4. The molecular weight excluding hydrogens is 369 g/mol. The molecule has 0 amide bonds. The molecule has 29 heavy (non-hydrogen) atoms. The van der Waals surface area contributed by atoms with Crippen molar-refractivity contribution in [2.45, 2.75) is 6.92 Å². The molecule has 5 nitrogen and oxygen atoms in total. The van der Waals surface area contributed by atoms with Gasteiger partial charge in [0.2, 0.25) is 5.78 Å². The number of imidazole rings is 1. The molecule has 2 heterocycles. The van der Waals surface area contributed by atoms with E-state index < -0.39 is 0 Å². The SMILES string of the molecule is COc1cccc(F)c1-c1cccc(-n2cnc(C(=O)c3cc(C)ccn3)c2)c1. The van der Waals surface area contributed by atoms with Gasteiger partial charge in [0.25, 0.3) is 0 Å². The van der Waals surface area contributed by atoms with Crippen molar-refractivity contribution in [3.05, 3.63) is 96.1 Å². The predicted octanol–water partition coefficient (Wildman–Crippen LogP) is 4.62. The molecule has 0 saturated carbocycles. The standard InChI is InChI=1S/C23H18FN3O2/c1-15-9-10-25-19(11-15)23(28)20-13-27(14-26-20)17-6-3-5-16(12-17)22-18(24)7-4-8-21(22)29-2/h3-14H,1-2H3. The molecule has 2 aromatic carbocycles. The third kappa shape index (κ3) is 3.65. The van der Waals surface area contributed by atoms with Crippen molar-refractivity contribution >= 4 is 5.78 Å². The molecule has 0 aliphatic heterocycles. The zero-order chi connectivity index (χ0) is 20.4. The first kappa shape index (κ1) is 18.6. The van der Waals surface area contributed by atoms with Gasteiger partial charge < -0.3 is 9.30 Å². The highest BCUT2D eigenvalue weighted by Crippen LogP contribution is 2.33. The zero-order valence-electron chi connectivity index (χ0n) is 16.0. The van der Waals surface area contributed by atoms with Crippen molar-refractivity contribution < 1.29 is 13.9 Å². The molecule has 0 atom stereocenters. The Morgan fingerprint density at radius 3 is 2.66 bits per heavy atom. The summed E-state index contributed by atoms with van der Waals surface area (Å²) in [6.45, 7) is 1.90. The molecule has 2 aromatic heterocycles. The van der Waals surface area contributed by atoms with Gasteiger partial charge in [-0.3, -0.25) is 9.78 Å². The van der Waals surface area contributed by atoms with Crippen LogP contribution in [0.4, 0.5) is 4.39 Å². The number of carbonyl (C=O) groups is 1. The fraction of sp³-hybridized carbons (Fsp3) is 0.0870. The molecule has 6 heteroatoms. The van der Waals surface area contributed by atoms with E-state index in [0.717, 1.165) is 11.3 Å². The third-order valence-electron chi connectivity index (χ3n) is 4.59. The first-order valence-corrected chi connectivity index (χ1v) is 9.01. The Bertz CT molecular complexity index is 1200. The lowest BCUT2D eigenvalue weighted by molar-refractivity contribution is 0.103. The second-order valence-corrected chi connectivity index (χ2v) is 6.58. The van der Waals surface area contributed by atoms with E-state index in [9.17, 15) is 9.18 Å². The van der Waals surface area contributed by atoms with Gasteiger partial charge in [0.1, 0.15) is 29.3 Å². The lowest BCUT2D eigenvalue weighted by Gasteiger charge is -2.11. The lowest BCUT2D eigenvalue weighted by atomic mass is 10.0. The highest BCUT2D eigenvalue weighted by atomic mass is 19.1. The Kier molecular flexibility index (Phi) is 4.91. The van der Waals surface area contributed by atoms with E-state index in [0.29, 0.717) is 22.6 Å². The minimum absolute atomic E-state index is 0.251. The normalized spacial score (nSPS) is 10.7. The van der Waals surface area contributed by atoms with Gasteiger partial charge in [-0.25, -0.2) is 9.37 Å². The van der Waals surface area contributed by atoms with Crippen molar-refractivity contribution in [1.29, 1.82) is 0 Å². The Morgan fingerprint density at radius 1 is 1.03 bits per heavy atom. The van der Waals surface area contributed by atoms with E-state index >= 15 is 0 Å². The van der Waals surface area contributed by atoms with Gasteiger partial charge in [-0.2, -0.15) is 0 Å². The Balaban J connectivity index is 1.70. The fourth-order valence-corrected chi connectivity index (χ4v) is 3.15. The monoisotopic (exact) mass is 387 g/mol. The smallest absolute Gasteiger partial charge is 0.231 e. The topological polar surface area (TPSA) is 57.0 Å². The van der Waals surface area contributed by atoms with Crippen LogP contribution in [0.2, 0.25) is 0 Å². The molecule has 0 spiro atoms. The molecule has 4 aromatic rings. The Hall–Kier alpha value is -3.80. The number of halogens is 1. The molecular formula is C23H18FN3O2. The number of aromatic nitrogens is 3. The quantitative estimate of drug-likeness (QED) is 0.469. The molecule has 0 saturated heterocycles. The maximum atomic E-state index is 14.4. The first-order valence-electron chi connectivity index (χ1n) is 9.01. The Morgan fingerprint density at radius 2 is 1.86 bits per heavy atom. The van der Waals surface area contributed by atoms with E-state index in [2.05, 4.69) is 9.97 Å². The fourth-order valence-electron chi connectivity index (χ4n) is 3.15. The van der Waals surface area contributed by atoms with E-state index in [1.54, 1.807) is 41.5 Å². The molecule has 144 valence electrons. The number of rotatable bonds is 5. The van der Waals surface area contributed by atoms with Gasteiger partial charge in [0.05, 0.1) is 12.7 Å². The van der Waals surface area contributed by atoms with Crippen molar-refractivity contribution in [3.63, 3.8) is 0 Å². The van der Waals surface area contributed by atoms with Crippen molar-refractivity contribution in [2.75, 3.05) is 7.11 Å². The molecule has 0 unspecified atom stereocenters. The van der Waals surface area contributed by atoms with Gasteiger partial charge in [-0.1, -0.05) is 18.2 Å². The summed E-state index contributed by atoms with van der Waals surface area (Å²) < 4.78 is 21.5. The number of pyridine rings is 1. The average molecular weight is 387 g/mol. The van der Waals surface area contributed by atoms with Gasteiger partial charge in [-0.05, 0) is 54.4 Å². The largest absolute Gasteiger partial charge is 0.496 e.